The maximum atomic E-state index is 8.79. The average Bonchev–Trinajstić information content (AvgIpc) is 2.70. The highest BCUT2D eigenvalue weighted by molar-refractivity contribution is 6.02. The summed E-state index contributed by atoms with van der Waals surface area (Å²) in [5.41, 5.74) is 7.14. The van der Waals surface area contributed by atoms with Crippen molar-refractivity contribution in [2.75, 3.05) is 0 Å². The third-order valence-electron chi connectivity index (χ3n) is 5.72. The van der Waals surface area contributed by atoms with E-state index in [1.165, 1.54) is 33.0 Å². The Morgan fingerprint density at radius 1 is 0.963 bits per heavy atom. The number of aryl methyl sites for hydroxylation is 1. The third kappa shape index (κ3) is 4.19. The molecule has 1 heteroatoms. The Labute approximate surface area is 163 Å². The maximum absolute atomic E-state index is 8.79. The first kappa shape index (κ1) is 19.1. The summed E-state index contributed by atoms with van der Waals surface area (Å²) in [5, 5.41) is 11.3. The number of fused-ring (bicyclic) bond motifs is 1. The molecular formula is C26H29N. The van der Waals surface area contributed by atoms with Crippen LogP contribution in [-0.4, -0.2) is 5.71 Å². The van der Waals surface area contributed by atoms with Gasteiger partial charge in [0.05, 0.1) is 0 Å². The van der Waals surface area contributed by atoms with E-state index in [1.54, 1.807) is 0 Å². The van der Waals surface area contributed by atoms with Gasteiger partial charge in [-0.05, 0) is 65.3 Å². The lowest BCUT2D eigenvalue weighted by Gasteiger charge is -2.17. The molecule has 3 aromatic rings. The van der Waals surface area contributed by atoms with Gasteiger partial charge in [-0.25, -0.2) is 0 Å². The second-order valence-electron chi connectivity index (χ2n) is 7.39. The first-order valence-electron chi connectivity index (χ1n) is 9.83. The Morgan fingerprint density at radius 2 is 1.70 bits per heavy atom. The first-order valence-corrected chi connectivity index (χ1v) is 9.83. The lowest BCUT2D eigenvalue weighted by Crippen LogP contribution is -2.11. The zero-order valence-corrected chi connectivity index (χ0v) is 16.8. The van der Waals surface area contributed by atoms with E-state index in [9.17, 15) is 0 Å². The van der Waals surface area contributed by atoms with E-state index in [0.29, 0.717) is 0 Å². The van der Waals surface area contributed by atoms with Crippen LogP contribution in [0.4, 0.5) is 0 Å². The van der Waals surface area contributed by atoms with E-state index in [2.05, 4.69) is 94.4 Å². The molecule has 0 saturated heterocycles. The lowest BCUT2D eigenvalue weighted by atomic mass is 9.88. The second kappa shape index (κ2) is 8.35. The summed E-state index contributed by atoms with van der Waals surface area (Å²) in [6.07, 6.45) is 4.03. The van der Waals surface area contributed by atoms with Crippen LogP contribution in [0.5, 0.6) is 0 Å². The van der Waals surface area contributed by atoms with Gasteiger partial charge in [0, 0.05) is 11.6 Å². The minimum atomic E-state index is 0.0967. The van der Waals surface area contributed by atoms with E-state index in [4.69, 9.17) is 5.41 Å². The highest BCUT2D eigenvalue weighted by Crippen LogP contribution is 2.26. The highest BCUT2D eigenvalue weighted by atomic mass is 14.4. The van der Waals surface area contributed by atoms with Crippen LogP contribution in [0.15, 0.2) is 72.3 Å². The van der Waals surface area contributed by atoms with Gasteiger partial charge in [-0.15, -0.1) is 0 Å². The topological polar surface area (TPSA) is 23.9 Å². The fraction of sp³-hybridized carbons (Fsp3) is 0.269. The summed E-state index contributed by atoms with van der Waals surface area (Å²) < 4.78 is 0. The highest BCUT2D eigenvalue weighted by Gasteiger charge is 2.15. The average molecular weight is 356 g/mol. The van der Waals surface area contributed by atoms with Crippen molar-refractivity contribution < 1.29 is 0 Å². The van der Waals surface area contributed by atoms with Crippen LogP contribution in [0, 0.1) is 19.3 Å². The van der Waals surface area contributed by atoms with Crippen LogP contribution in [0.25, 0.3) is 10.8 Å². The minimum absolute atomic E-state index is 0.0967. The van der Waals surface area contributed by atoms with Crippen molar-refractivity contribution in [3.8, 4) is 0 Å². The van der Waals surface area contributed by atoms with E-state index in [-0.39, 0.29) is 5.92 Å². The molecule has 0 aliphatic rings. The Kier molecular flexibility index (Phi) is 5.91. The number of rotatable bonds is 6. The predicted octanol–water partition coefficient (Wildman–Crippen LogP) is 7.16. The fourth-order valence-corrected chi connectivity index (χ4v) is 3.63. The second-order valence-corrected chi connectivity index (χ2v) is 7.39. The van der Waals surface area contributed by atoms with Crippen molar-refractivity contribution in [1.29, 1.82) is 5.41 Å². The largest absolute Gasteiger partial charge is 0.304 e. The molecule has 0 aliphatic heterocycles. The van der Waals surface area contributed by atoms with Gasteiger partial charge < -0.3 is 5.41 Å². The summed E-state index contributed by atoms with van der Waals surface area (Å²) in [6.45, 7) is 8.64. The van der Waals surface area contributed by atoms with Crippen molar-refractivity contribution in [3.63, 3.8) is 0 Å². The molecule has 0 spiro atoms. The molecule has 0 fully saturated rings. The van der Waals surface area contributed by atoms with Gasteiger partial charge in [0.2, 0.25) is 0 Å². The van der Waals surface area contributed by atoms with Gasteiger partial charge in [-0.3, -0.25) is 0 Å². The molecule has 1 atom stereocenters. The Bertz CT molecular complexity index is 994. The lowest BCUT2D eigenvalue weighted by molar-refractivity contribution is 0.981. The Morgan fingerprint density at radius 3 is 2.44 bits per heavy atom. The number of nitrogens with one attached hydrogen (secondary N) is 1. The number of hydrogen-bond donors (Lipinski definition) is 1. The van der Waals surface area contributed by atoms with Crippen LogP contribution in [0.1, 0.15) is 48.4 Å². The molecule has 1 nitrogen and oxygen atoms in total. The molecule has 138 valence electrons. The van der Waals surface area contributed by atoms with Crippen LogP contribution in [0.2, 0.25) is 0 Å². The molecule has 3 rings (SSSR count). The van der Waals surface area contributed by atoms with E-state index >= 15 is 0 Å². The van der Waals surface area contributed by atoms with Gasteiger partial charge in [0.1, 0.15) is 0 Å². The smallest absolute Gasteiger partial charge is 0.0414 e. The molecule has 1 unspecified atom stereocenters. The van der Waals surface area contributed by atoms with Gasteiger partial charge in [0.25, 0.3) is 0 Å². The molecule has 0 heterocycles. The van der Waals surface area contributed by atoms with Crippen molar-refractivity contribution in [2.24, 2.45) is 0 Å². The van der Waals surface area contributed by atoms with Gasteiger partial charge in [-0.2, -0.15) is 0 Å². The zero-order valence-electron chi connectivity index (χ0n) is 16.8. The predicted molar refractivity (Wildman–Crippen MR) is 118 cm³/mol. The van der Waals surface area contributed by atoms with Crippen LogP contribution < -0.4 is 0 Å². The van der Waals surface area contributed by atoms with Gasteiger partial charge in [0.15, 0.2) is 0 Å². The number of benzene rings is 3. The normalized spacial score (nSPS) is 13.0. The summed E-state index contributed by atoms with van der Waals surface area (Å²) in [6, 6.07) is 21.5. The zero-order chi connectivity index (χ0) is 19.4. The third-order valence-corrected chi connectivity index (χ3v) is 5.72. The monoisotopic (exact) mass is 355 g/mol. The van der Waals surface area contributed by atoms with Crippen molar-refractivity contribution in [2.45, 2.75) is 46.5 Å². The maximum Gasteiger partial charge on any atom is 0.0414 e. The summed E-state index contributed by atoms with van der Waals surface area (Å²) in [4.78, 5) is 0. The van der Waals surface area contributed by atoms with Crippen LogP contribution >= 0.6 is 0 Å². The molecule has 1 N–H and O–H groups in total. The molecule has 0 saturated carbocycles. The van der Waals surface area contributed by atoms with Crippen LogP contribution in [0.3, 0.4) is 0 Å². The molecule has 0 bridgehead atoms. The summed E-state index contributed by atoms with van der Waals surface area (Å²) >= 11 is 0. The summed E-state index contributed by atoms with van der Waals surface area (Å²) in [7, 11) is 0. The van der Waals surface area contributed by atoms with Crippen LogP contribution in [-0.2, 0) is 6.42 Å². The molecule has 0 radical (unpaired) electrons. The molecule has 3 aromatic carbocycles. The van der Waals surface area contributed by atoms with Gasteiger partial charge >= 0.3 is 0 Å². The first-order chi connectivity index (χ1) is 13.0. The Hall–Kier alpha value is -2.67. The quantitative estimate of drug-likeness (QED) is 0.454. The van der Waals surface area contributed by atoms with E-state index in [1.807, 2.05) is 0 Å². The van der Waals surface area contributed by atoms with E-state index < -0.39 is 0 Å². The van der Waals surface area contributed by atoms with Gasteiger partial charge in [-0.1, -0.05) is 80.6 Å². The number of hydrogen-bond acceptors (Lipinski definition) is 1. The molecule has 0 amide bonds. The standard InChI is InChI=1S/C26H29N/c1-5-21(13-14-22-12-8-9-18(2)19(22)3)26(27)20(4)24-16-15-23-10-6-7-11-25(23)17-24/h6-13,15-17,20,27H,5,14H2,1-4H3. The van der Waals surface area contributed by atoms with Crippen molar-refractivity contribution in [3.05, 3.63) is 94.6 Å². The SMILES string of the molecule is CCC(=CCc1cccc(C)c1C)C(=N)C(C)c1ccc2ccccc2c1. The van der Waals surface area contributed by atoms with E-state index in [0.717, 1.165) is 24.1 Å². The molecular weight excluding hydrogens is 326 g/mol. The Balaban J connectivity index is 1.83. The van der Waals surface area contributed by atoms with Crippen molar-refractivity contribution >= 4 is 16.5 Å². The van der Waals surface area contributed by atoms with Crippen molar-refractivity contribution in [1.82, 2.24) is 0 Å². The minimum Gasteiger partial charge on any atom is -0.304 e. The fourth-order valence-electron chi connectivity index (χ4n) is 3.63. The molecule has 27 heavy (non-hydrogen) atoms. The molecule has 0 aliphatic carbocycles. The summed E-state index contributed by atoms with van der Waals surface area (Å²) in [5.74, 6) is 0.0967. The number of allylic oxidation sites excluding steroid dienone is 2. The molecule has 0 aromatic heterocycles.